The van der Waals surface area contributed by atoms with Crippen molar-refractivity contribution in [1.29, 1.82) is 0 Å². The van der Waals surface area contributed by atoms with Crippen LogP contribution in [0.5, 0.6) is 0 Å². The third-order valence-corrected chi connectivity index (χ3v) is 4.16. The van der Waals surface area contributed by atoms with Crippen LogP contribution in [-0.4, -0.2) is 33.6 Å². The van der Waals surface area contributed by atoms with Gasteiger partial charge < -0.3 is 4.90 Å². The lowest BCUT2D eigenvalue weighted by molar-refractivity contribution is -0.128. The Bertz CT molecular complexity index is 244. The molecule has 2 aliphatic heterocycles. The van der Waals surface area contributed by atoms with Crippen molar-refractivity contribution in [2.24, 2.45) is 5.92 Å². The van der Waals surface area contributed by atoms with Gasteiger partial charge in [0.25, 0.3) is 5.91 Å². The predicted octanol–water partition coefficient (Wildman–Crippen LogP) is 2.02. The molecule has 2 fully saturated rings. The van der Waals surface area contributed by atoms with Crippen molar-refractivity contribution in [3.05, 3.63) is 0 Å². The van der Waals surface area contributed by atoms with Gasteiger partial charge in [0, 0.05) is 24.4 Å². The number of carbonyl (C=O) groups excluding carboxylic acids is 1. The third kappa shape index (κ3) is 1.26. The zero-order valence-electron chi connectivity index (χ0n) is 6.97. The summed E-state index contributed by atoms with van der Waals surface area (Å²) >= 11 is 17.7. The first-order valence-electron chi connectivity index (χ1n) is 4.34. The predicted molar refractivity (Wildman–Crippen MR) is 53.4 cm³/mol. The van der Waals surface area contributed by atoms with E-state index in [4.69, 9.17) is 34.8 Å². The number of rotatable bonds is 1. The summed E-state index contributed by atoms with van der Waals surface area (Å²) < 4.78 is -1.28. The maximum absolute atomic E-state index is 11.7. The highest BCUT2D eigenvalue weighted by Crippen LogP contribution is 2.47. The molecule has 0 aromatic carbocycles. The molecule has 74 valence electrons. The van der Waals surface area contributed by atoms with E-state index in [2.05, 4.69) is 0 Å². The molecule has 2 aliphatic rings. The Kier molecular flexibility index (Phi) is 2.42. The van der Waals surface area contributed by atoms with E-state index in [1.54, 1.807) is 4.90 Å². The minimum absolute atomic E-state index is 0.118. The Balaban J connectivity index is 2.31. The van der Waals surface area contributed by atoms with Gasteiger partial charge in [0.1, 0.15) is 0 Å². The molecule has 0 aromatic rings. The quantitative estimate of drug-likeness (QED) is 0.644. The van der Waals surface area contributed by atoms with Gasteiger partial charge in [0.2, 0.25) is 4.33 Å². The highest BCUT2D eigenvalue weighted by Gasteiger charge is 2.58. The smallest absolute Gasteiger partial charge is 0.259 e. The molecule has 0 bridgehead atoms. The second-order valence-corrected chi connectivity index (χ2v) is 5.29. The number of amides is 1. The van der Waals surface area contributed by atoms with Crippen LogP contribution in [0.15, 0.2) is 0 Å². The average molecular weight is 243 g/mol. The first-order chi connectivity index (χ1) is 6.09. The Labute approximate surface area is 92.1 Å². The molecular weight excluding hydrogens is 232 g/mol. The molecule has 2 heterocycles. The Morgan fingerprint density at radius 1 is 1.54 bits per heavy atom. The highest BCUT2D eigenvalue weighted by atomic mass is 35.5. The summed E-state index contributed by atoms with van der Waals surface area (Å²) in [7, 11) is 0. The first kappa shape index (κ1) is 9.88. The molecule has 0 saturated carbocycles. The van der Waals surface area contributed by atoms with Gasteiger partial charge >= 0.3 is 0 Å². The number of alkyl halides is 3. The van der Waals surface area contributed by atoms with E-state index in [0.29, 0.717) is 5.88 Å². The Morgan fingerprint density at radius 3 is 2.85 bits per heavy atom. The van der Waals surface area contributed by atoms with Gasteiger partial charge in [-0.1, -0.05) is 23.2 Å². The molecule has 0 spiro atoms. The van der Waals surface area contributed by atoms with Crippen molar-refractivity contribution in [2.45, 2.75) is 23.2 Å². The molecule has 0 aromatic heterocycles. The Morgan fingerprint density at radius 2 is 2.23 bits per heavy atom. The van der Waals surface area contributed by atoms with Crippen LogP contribution < -0.4 is 0 Å². The number of hydrogen-bond donors (Lipinski definition) is 0. The van der Waals surface area contributed by atoms with E-state index < -0.39 is 4.33 Å². The topological polar surface area (TPSA) is 20.3 Å². The molecular formula is C8H10Cl3NO. The van der Waals surface area contributed by atoms with Crippen LogP contribution in [0.4, 0.5) is 0 Å². The first-order valence-corrected chi connectivity index (χ1v) is 5.63. The summed E-state index contributed by atoms with van der Waals surface area (Å²) in [6.07, 6.45) is 2.01. The molecule has 13 heavy (non-hydrogen) atoms. The van der Waals surface area contributed by atoms with Gasteiger partial charge in [-0.3, -0.25) is 4.79 Å². The summed E-state index contributed by atoms with van der Waals surface area (Å²) in [6, 6.07) is 0.167. The van der Waals surface area contributed by atoms with E-state index in [1.807, 2.05) is 0 Å². The third-order valence-electron chi connectivity index (χ3n) is 2.94. The van der Waals surface area contributed by atoms with Crippen molar-refractivity contribution in [2.75, 3.05) is 12.4 Å². The Hall–Kier alpha value is 0.340. The minimum Gasteiger partial charge on any atom is -0.337 e. The second kappa shape index (κ2) is 3.18. The summed E-state index contributed by atoms with van der Waals surface area (Å²) in [5.41, 5.74) is 0. The molecule has 2 saturated heterocycles. The van der Waals surface area contributed by atoms with Gasteiger partial charge in [-0.05, 0) is 12.8 Å². The molecule has 0 aliphatic carbocycles. The number of fused-ring (bicyclic) bond motifs is 1. The van der Waals surface area contributed by atoms with E-state index in [9.17, 15) is 4.79 Å². The van der Waals surface area contributed by atoms with Crippen molar-refractivity contribution in [3.8, 4) is 0 Å². The SMILES string of the molecule is O=C1N2CCC[C@@H]2[C@@H](CCl)C1(Cl)Cl. The molecule has 0 N–H and O–H groups in total. The van der Waals surface area contributed by atoms with E-state index in [-0.39, 0.29) is 17.9 Å². The van der Waals surface area contributed by atoms with Crippen molar-refractivity contribution >= 4 is 40.7 Å². The average Bonchev–Trinajstić information content (AvgIpc) is 2.57. The largest absolute Gasteiger partial charge is 0.337 e. The standard InChI is InChI=1S/C8H10Cl3NO/c9-4-5-6-2-1-3-12(6)7(13)8(5,10)11/h5-6H,1-4H2/t5-,6-/m1/s1. The fourth-order valence-corrected chi connectivity index (χ4v) is 3.51. The minimum atomic E-state index is -1.28. The molecule has 0 unspecified atom stereocenters. The van der Waals surface area contributed by atoms with Crippen LogP contribution in [0.2, 0.25) is 0 Å². The number of hydrogen-bond acceptors (Lipinski definition) is 1. The van der Waals surface area contributed by atoms with Crippen LogP contribution in [0.3, 0.4) is 0 Å². The zero-order chi connectivity index (χ0) is 9.64. The lowest BCUT2D eigenvalue weighted by Crippen LogP contribution is -2.33. The fraction of sp³-hybridized carbons (Fsp3) is 0.875. The van der Waals surface area contributed by atoms with E-state index in [0.717, 1.165) is 19.4 Å². The van der Waals surface area contributed by atoms with Crippen LogP contribution in [-0.2, 0) is 4.79 Å². The number of halogens is 3. The number of nitrogens with zero attached hydrogens (tertiary/aromatic N) is 1. The maximum atomic E-state index is 11.7. The van der Waals surface area contributed by atoms with Gasteiger partial charge in [-0.2, -0.15) is 0 Å². The van der Waals surface area contributed by atoms with Crippen LogP contribution in [0.25, 0.3) is 0 Å². The highest BCUT2D eigenvalue weighted by molar-refractivity contribution is 6.59. The molecule has 5 heteroatoms. The van der Waals surface area contributed by atoms with Gasteiger partial charge in [0.05, 0.1) is 0 Å². The monoisotopic (exact) mass is 241 g/mol. The molecule has 1 amide bonds. The van der Waals surface area contributed by atoms with Gasteiger partial charge in [-0.15, -0.1) is 11.6 Å². The summed E-state index contributed by atoms with van der Waals surface area (Å²) in [5, 5.41) is 0. The molecule has 2 atom stereocenters. The van der Waals surface area contributed by atoms with Gasteiger partial charge in [0.15, 0.2) is 0 Å². The van der Waals surface area contributed by atoms with E-state index >= 15 is 0 Å². The second-order valence-electron chi connectivity index (χ2n) is 3.59. The molecule has 0 radical (unpaired) electrons. The van der Waals surface area contributed by atoms with Crippen molar-refractivity contribution in [1.82, 2.24) is 4.90 Å². The zero-order valence-corrected chi connectivity index (χ0v) is 9.24. The summed E-state index contributed by atoms with van der Waals surface area (Å²) in [6.45, 7) is 0.776. The van der Waals surface area contributed by atoms with Gasteiger partial charge in [-0.25, -0.2) is 0 Å². The van der Waals surface area contributed by atoms with Crippen molar-refractivity contribution in [3.63, 3.8) is 0 Å². The van der Waals surface area contributed by atoms with E-state index in [1.165, 1.54) is 0 Å². The van der Waals surface area contributed by atoms with Crippen molar-refractivity contribution < 1.29 is 4.79 Å². The summed E-state index contributed by atoms with van der Waals surface area (Å²) in [4.78, 5) is 13.5. The fourth-order valence-electron chi connectivity index (χ4n) is 2.25. The maximum Gasteiger partial charge on any atom is 0.259 e. The lowest BCUT2D eigenvalue weighted by Gasteiger charge is -2.19. The normalized spacial score (nSPS) is 36.8. The van der Waals surface area contributed by atoms with Crippen LogP contribution >= 0.6 is 34.8 Å². The molecule has 2 nitrogen and oxygen atoms in total. The van der Waals surface area contributed by atoms with Crippen LogP contribution in [0, 0.1) is 5.92 Å². The summed E-state index contributed by atoms with van der Waals surface area (Å²) in [5.74, 6) is 0.0661. The lowest BCUT2D eigenvalue weighted by atomic mass is 10.00. The molecule has 2 rings (SSSR count). The van der Waals surface area contributed by atoms with Crippen LogP contribution in [0.1, 0.15) is 12.8 Å². The number of carbonyl (C=O) groups is 1.